The van der Waals surface area contributed by atoms with Gasteiger partial charge in [-0.3, -0.25) is 14.8 Å². The molecule has 1 aromatic carbocycles. The summed E-state index contributed by atoms with van der Waals surface area (Å²) in [5.74, 6) is -0.699. The first kappa shape index (κ1) is 32.4. The van der Waals surface area contributed by atoms with E-state index in [1.54, 1.807) is 0 Å². The average Bonchev–Trinajstić information content (AvgIpc) is 3.91. The summed E-state index contributed by atoms with van der Waals surface area (Å²) in [6.45, 7) is 4.40. The number of aliphatic hydroxyl groups is 1. The number of aromatic nitrogens is 3. The number of nitrogens with two attached hydrogens (primary N) is 1. The Kier molecular flexibility index (Phi) is 8.48. The number of ether oxygens (including phenoxy) is 2. The average molecular weight is 695 g/mol. The number of anilines is 2. The Labute approximate surface area is 285 Å². The van der Waals surface area contributed by atoms with Gasteiger partial charge in [0.2, 0.25) is 0 Å². The van der Waals surface area contributed by atoms with Crippen LogP contribution in [-0.2, 0) is 18.0 Å². The van der Waals surface area contributed by atoms with Crippen LogP contribution in [-0.4, -0.2) is 101 Å². The lowest BCUT2D eigenvalue weighted by Crippen LogP contribution is -2.54. The lowest BCUT2D eigenvalue weighted by Gasteiger charge is -2.42. The van der Waals surface area contributed by atoms with Gasteiger partial charge in [-0.2, -0.15) is 15.2 Å². The Balaban J connectivity index is 0.000000334. The number of hydrogen-bond donors (Lipinski definition) is 2. The number of β-amino-alcohol motifs (C(OH)–C–C–N with tert-alkyl or cyclic N) is 1. The number of thiophene rings is 1. The summed E-state index contributed by atoms with van der Waals surface area (Å²) >= 11 is 0.934. The van der Waals surface area contributed by atoms with E-state index in [0.717, 1.165) is 62.0 Å². The molecule has 0 saturated carbocycles. The van der Waals surface area contributed by atoms with Gasteiger partial charge in [0.1, 0.15) is 28.6 Å². The van der Waals surface area contributed by atoms with Gasteiger partial charge in [0.15, 0.2) is 11.6 Å². The molecule has 8 heterocycles. The molecule has 3 N–H and O–H groups in total. The molecule has 11 nitrogen and oxygen atoms in total. The second kappa shape index (κ2) is 12.8. The molecule has 9 rings (SSSR count). The van der Waals surface area contributed by atoms with E-state index in [2.05, 4.69) is 24.7 Å². The highest BCUT2D eigenvalue weighted by molar-refractivity contribution is 7.23. The van der Waals surface area contributed by atoms with Gasteiger partial charge in [-0.15, -0.1) is 11.3 Å². The van der Waals surface area contributed by atoms with Crippen molar-refractivity contribution in [2.45, 2.75) is 69.6 Å². The van der Waals surface area contributed by atoms with Crippen LogP contribution in [0.3, 0.4) is 0 Å². The zero-order valence-corrected chi connectivity index (χ0v) is 27.9. The van der Waals surface area contributed by atoms with Gasteiger partial charge in [0.25, 0.3) is 0 Å². The summed E-state index contributed by atoms with van der Waals surface area (Å²) in [6.07, 6.45) is 5.74. The molecule has 4 aromatic rings. The Morgan fingerprint density at radius 2 is 1.88 bits per heavy atom. The van der Waals surface area contributed by atoms with Gasteiger partial charge in [-0.25, -0.2) is 13.2 Å². The van der Waals surface area contributed by atoms with Crippen LogP contribution in [0.15, 0.2) is 6.20 Å². The number of nitrogen functional groups attached to an aromatic ring is 1. The minimum Gasteiger partial charge on any atom is -0.467 e. The van der Waals surface area contributed by atoms with Crippen LogP contribution >= 0.6 is 11.3 Å². The first-order valence-corrected chi connectivity index (χ1v) is 17.6. The van der Waals surface area contributed by atoms with Crippen LogP contribution in [0, 0.1) is 23.0 Å². The van der Waals surface area contributed by atoms with E-state index in [-0.39, 0.29) is 75.3 Å². The lowest BCUT2D eigenvalue weighted by molar-refractivity contribution is 0.135. The molecule has 2 bridgehead atoms. The third-order valence-electron chi connectivity index (χ3n) is 10.7. The van der Waals surface area contributed by atoms with Crippen molar-refractivity contribution in [1.29, 1.82) is 5.26 Å². The van der Waals surface area contributed by atoms with Crippen molar-refractivity contribution in [2.24, 2.45) is 0 Å². The molecule has 3 aromatic heterocycles. The SMILES string of the molecule is COc1nc(N2C3CCC2CN(CCO)C3)c2c3c(c(-c4ncc(F)c5sc(N)c(C#N)c45)c(F)c2n1)COC3.FC1CC2CCCN2C1. The summed E-state index contributed by atoms with van der Waals surface area (Å²) in [7, 11) is 1.44. The van der Waals surface area contributed by atoms with Crippen LogP contribution < -0.4 is 15.4 Å². The zero-order chi connectivity index (χ0) is 34.0. The third-order valence-corrected chi connectivity index (χ3v) is 11.7. The van der Waals surface area contributed by atoms with Gasteiger partial charge < -0.3 is 25.2 Å². The molecule has 4 atom stereocenters. The largest absolute Gasteiger partial charge is 0.467 e. The van der Waals surface area contributed by atoms with Crippen molar-refractivity contribution in [3.8, 4) is 23.3 Å². The number of fused-ring (bicyclic) bond motifs is 7. The third kappa shape index (κ3) is 5.36. The van der Waals surface area contributed by atoms with Crippen molar-refractivity contribution in [3.05, 3.63) is 34.5 Å². The molecule has 49 heavy (non-hydrogen) atoms. The van der Waals surface area contributed by atoms with Crippen LogP contribution in [0.4, 0.5) is 24.0 Å². The summed E-state index contributed by atoms with van der Waals surface area (Å²) in [4.78, 5) is 20.3. The molecule has 258 valence electrons. The molecule has 0 amide bonds. The number of nitriles is 1. The first-order chi connectivity index (χ1) is 23.8. The smallest absolute Gasteiger partial charge is 0.318 e. The van der Waals surface area contributed by atoms with E-state index in [9.17, 15) is 19.1 Å². The van der Waals surface area contributed by atoms with Gasteiger partial charge in [-0.05, 0) is 49.8 Å². The molecule has 5 aliphatic heterocycles. The number of likely N-dealkylation sites (tertiary alicyclic amines) is 1. The quantitative estimate of drug-likeness (QED) is 0.305. The molecular formula is C34H37F3N8O3S. The second-order valence-electron chi connectivity index (χ2n) is 13.4. The molecule has 5 aliphatic rings. The standard InChI is InChI=1S/C27H25F2N7O3S.C7H12FN/c1-38-27-33-23-20(26(34-27)36-12-2-3-13(36)9-35(8-12)4-5-37)16-11-39-10-15(16)18(21(23)29)22-19-14(6-30)25(31)40-24(19)17(28)7-32-22;8-6-4-7-2-1-3-9(7)5-6/h7,12-13,37H,2-5,8-11,31H2,1H3;6-7H,1-5H2. The minimum absolute atomic E-state index is 0.0260. The van der Waals surface area contributed by atoms with Crippen LogP contribution in [0.25, 0.3) is 32.2 Å². The van der Waals surface area contributed by atoms with Gasteiger partial charge in [-0.1, -0.05) is 0 Å². The van der Waals surface area contributed by atoms with E-state index in [0.29, 0.717) is 35.9 Å². The summed E-state index contributed by atoms with van der Waals surface area (Å²) < 4.78 is 55.6. The fraction of sp³-hybridized carbons (Fsp3) is 0.529. The molecule has 0 spiro atoms. The van der Waals surface area contributed by atoms with E-state index in [4.69, 9.17) is 20.2 Å². The number of pyridine rings is 1. The van der Waals surface area contributed by atoms with Crippen molar-refractivity contribution < 1.29 is 27.8 Å². The lowest BCUT2D eigenvalue weighted by atomic mass is 9.93. The van der Waals surface area contributed by atoms with Crippen LogP contribution in [0.5, 0.6) is 6.01 Å². The van der Waals surface area contributed by atoms with E-state index >= 15 is 4.39 Å². The number of rotatable bonds is 5. The highest BCUT2D eigenvalue weighted by atomic mass is 32.1. The molecule has 15 heteroatoms. The molecule has 4 saturated heterocycles. The highest BCUT2D eigenvalue weighted by Crippen LogP contribution is 2.48. The topological polar surface area (TPSA) is 137 Å². The number of nitrogens with zero attached hydrogens (tertiary/aromatic N) is 7. The van der Waals surface area contributed by atoms with Crippen molar-refractivity contribution in [1.82, 2.24) is 24.8 Å². The van der Waals surface area contributed by atoms with Crippen LogP contribution in [0.2, 0.25) is 0 Å². The van der Waals surface area contributed by atoms with Crippen molar-refractivity contribution in [2.75, 3.05) is 57.1 Å². The highest BCUT2D eigenvalue weighted by Gasteiger charge is 2.43. The summed E-state index contributed by atoms with van der Waals surface area (Å²) in [5.41, 5.74) is 7.71. The number of alkyl halides is 1. The number of benzene rings is 1. The molecule has 4 fully saturated rings. The van der Waals surface area contributed by atoms with Crippen LogP contribution in [0.1, 0.15) is 48.8 Å². The van der Waals surface area contributed by atoms with E-state index < -0.39 is 17.8 Å². The predicted octanol–water partition coefficient (Wildman–Crippen LogP) is 4.52. The molecule has 4 unspecified atom stereocenters. The number of hydrogen-bond acceptors (Lipinski definition) is 12. The maximum absolute atomic E-state index is 16.8. The Bertz CT molecular complexity index is 1960. The number of methoxy groups -OCH3 is 1. The fourth-order valence-corrected chi connectivity index (χ4v) is 9.51. The monoisotopic (exact) mass is 694 g/mol. The Morgan fingerprint density at radius 3 is 2.59 bits per heavy atom. The summed E-state index contributed by atoms with van der Waals surface area (Å²) in [5, 5.41) is 20.2. The van der Waals surface area contributed by atoms with E-state index in [1.165, 1.54) is 20.0 Å². The molecule has 0 aliphatic carbocycles. The van der Waals surface area contributed by atoms with Gasteiger partial charge in [0, 0.05) is 55.3 Å². The molecular weight excluding hydrogens is 657 g/mol. The van der Waals surface area contributed by atoms with Crippen molar-refractivity contribution >= 4 is 43.1 Å². The number of halogens is 3. The maximum atomic E-state index is 16.8. The number of piperazine rings is 1. The second-order valence-corrected chi connectivity index (χ2v) is 14.5. The Hall–Kier alpha value is -3.81. The molecule has 0 radical (unpaired) electrons. The van der Waals surface area contributed by atoms with E-state index in [1.807, 2.05) is 6.07 Å². The van der Waals surface area contributed by atoms with Crippen molar-refractivity contribution in [3.63, 3.8) is 0 Å². The Morgan fingerprint density at radius 1 is 1.10 bits per heavy atom. The normalized spacial score (nSPS) is 24.7. The van der Waals surface area contributed by atoms with Gasteiger partial charge in [0.05, 0.1) is 54.5 Å². The van der Waals surface area contributed by atoms with Gasteiger partial charge >= 0.3 is 6.01 Å². The first-order valence-electron chi connectivity index (χ1n) is 16.7. The zero-order valence-electron chi connectivity index (χ0n) is 27.1. The maximum Gasteiger partial charge on any atom is 0.318 e. The predicted molar refractivity (Wildman–Crippen MR) is 179 cm³/mol. The minimum atomic E-state index is -0.665. The number of aliphatic hydroxyl groups excluding tert-OH is 1. The summed E-state index contributed by atoms with van der Waals surface area (Å²) in [6, 6.07) is 2.95. The fourth-order valence-electron chi connectivity index (χ4n) is 8.59.